The Bertz CT molecular complexity index is 1230. The van der Waals surface area contributed by atoms with E-state index in [-0.39, 0.29) is 0 Å². The average molecular weight is 505 g/mol. The van der Waals surface area contributed by atoms with Crippen LogP contribution in [0.25, 0.3) is 0 Å². The largest absolute Gasteiger partial charge is 0.489 e. The third-order valence-electron chi connectivity index (χ3n) is 6.19. The number of ether oxygens (including phenoxy) is 2. The van der Waals surface area contributed by atoms with Crippen molar-refractivity contribution in [2.75, 3.05) is 26.2 Å². The molecule has 0 unspecified atom stereocenters. The van der Waals surface area contributed by atoms with Crippen LogP contribution >= 0.6 is 0 Å². The Hall–Kier alpha value is -4.58. The Morgan fingerprint density at radius 2 is 0.947 bits per heavy atom. The number of hydrogen-bond donors (Lipinski definition) is 0. The molecule has 0 radical (unpaired) electrons. The zero-order valence-corrected chi connectivity index (χ0v) is 21.4. The van der Waals surface area contributed by atoms with E-state index in [2.05, 4.69) is 44.5 Å². The van der Waals surface area contributed by atoms with E-state index in [1.807, 2.05) is 97.4 Å². The third kappa shape index (κ3) is 7.71. The van der Waals surface area contributed by atoms with E-state index in [4.69, 9.17) is 9.47 Å². The van der Waals surface area contributed by atoms with Gasteiger partial charge in [-0.2, -0.15) is 10.2 Å². The molecule has 192 valence electrons. The maximum atomic E-state index is 5.94. The number of nitrogens with zero attached hydrogens (tertiary/aromatic N) is 4. The predicted molar refractivity (Wildman–Crippen MR) is 153 cm³/mol. The van der Waals surface area contributed by atoms with Crippen molar-refractivity contribution >= 4 is 12.4 Å². The molecule has 0 atom stereocenters. The Morgan fingerprint density at radius 3 is 1.37 bits per heavy atom. The van der Waals surface area contributed by atoms with Crippen molar-refractivity contribution in [1.29, 1.82) is 0 Å². The molecule has 1 saturated heterocycles. The Kier molecular flexibility index (Phi) is 8.65. The lowest BCUT2D eigenvalue weighted by Crippen LogP contribution is -2.41. The van der Waals surface area contributed by atoms with Crippen LogP contribution in [0.3, 0.4) is 0 Å². The van der Waals surface area contributed by atoms with Gasteiger partial charge in [0.25, 0.3) is 0 Å². The zero-order valence-electron chi connectivity index (χ0n) is 21.4. The topological polar surface area (TPSA) is 49.7 Å². The highest BCUT2D eigenvalue weighted by Gasteiger charge is 2.13. The van der Waals surface area contributed by atoms with E-state index in [9.17, 15) is 0 Å². The minimum atomic E-state index is 0.551. The molecule has 4 aromatic carbocycles. The van der Waals surface area contributed by atoms with Crippen LogP contribution < -0.4 is 9.47 Å². The summed E-state index contributed by atoms with van der Waals surface area (Å²) in [6.45, 7) is 4.37. The van der Waals surface area contributed by atoms with Gasteiger partial charge in [0.15, 0.2) is 0 Å². The molecule has 1 aliphatic rings. The fourth-order valence-electron chi connectivity index (χ4n) is 4.06. The number of hydrogen-bond acceptors (Lipinski definition) is 6. The van der Waals surface area contributed by atoms with Crippen LogP contribution in [0.1, 0.15) is 22.3 Å². The van der Waals surface area contributed by atoms with Gasteiger partial charge in [-0.15, -0.1) is 0 Å². The van der Waals surface area contributed by atoms with Gasteiger partial charge in [0.05, 0.1) is 38.6 Å². The summed E-state index contributed by atoms with van der Waals surface area (Å²) in [6, 6.07) is 36.4. The number of benzene rings is 4. The standard InChI is InChI=1S/C32H32N4O2/c1-3-9-27(10-4-1)25-37-31-15-7-13-29(21-31)23-33-35-17-19-36(20-18-35)34-24-30-14-8-16-32(22-30)38-26-28-11-5-2-6-12-28/h1-16,21-24H,17-20,25-26H2/b33-23-,34-24+. The van der Waals surface area contributed by atoms with Crippen LogP contribution in [-0.2, 0) is 13.2 Å². The number of piperazine rings is 1. The van der Waals surface area contributed by atoms with Crippen molar-refractivity contribution in [2.45, 2.75) is 13.2 Å². The van der Waals surface area contributed by atoms with Gasteiger partial charge >= 0.3 is 0 Å². The Balaban J connectivity index is 1.07. The molecule has 1 heterocycles. The van der Waals surface area contributed by atoms with Crippen molar-refractivity contribution in [2.24, 2.45) is 10.2 Å². The average Bonchev–Trinajstić information content (AvgIpc) is 2.99. The van der Waals surface area contributed by atoms with Crippen LogP contribution in [-0.4, -0.2) is 48.6 Å². The first-order valence-electron chi connectivity index (χ1n) is 12.9. The second-order valence-electron chi connectivity index (χ2n) is 9.09. The number of hydrazone groups is 2. The van der Waals surface area contributed by atoms with E-state index in [1.165, 1.54) is 0 Å². The molecule has 1 fully saturated rings. The minimum Gasteiger partial charge on any atom is -0.489 e. The van der Waals surface area contributed by atoms with E-state index in [1.54, 1.807) is 0 Å². The highest BCUT2D eigenvalue weighted by Crippen LogP contribution is 2.16. The summed E-state index contributed by atoms with van der Waals surface area (Å²) >= 11 is 0. The summed E-state index contributed by atoms with van der Waals surface area (Å²) < 4.78 is 11.9. The van der Waals surface area contributed by atoms with Crippen molar-refractivity contribution in [1.82, 2.24) is 10.0 Å². The predicted octanol–water partition coefficient (Wildman–Crippen LogP) is 5.83. The van der Waals surface area contributed by atoms with Crippen molar-refractivity contribution < 1.29 is 9.47 Å². The zero-order chi connectivity index (χ0) is 25.8. The van der Waals surface area contributed by atoms with Crippen LogP contribution in [0.5, 0.6) is 11.5 Å². The first kappa shape index (κ1) is 25.1. The molecule has 6 heteroatoms. The molecule has 1 aliphatic heterocycles. The third-order valence-corrected chi connectivity index (χ3v) is 6.19. The lowest BCUT2D eigenvalue weighted by atomic mass is 10.2. The van der Waals surface area contributed by atoms with Gasteiger partial charge in [0.2, 0.25) is 0 Å². The Morgan fingerprint density at radius 1 is 0.526 bits per heavy atom. The molecule has 0 bridgehead atoms. The van der Waals surface area contributed by atoms with Crippen LogP contribution in [0.15, 0.2) is 119 Å². The fourth-order valence-corrected chi connectivity index (χ4v) is 4.06. The van der Waals surface area contributed by atoms with Crippen molar-refractivity contribution in [3.05, 3.63) is 131 Å². The highest BCUT2D eigenvalue weighted by atomic mass is 16.5. The molecule has 6 nitrogen and oxygen atoms in total. The molecule has 0 spiro atoms. The lowest BCUT2D eigenvalue weighted by Gasteiger charge is -2.31. The van der Waals surface area contributed by atoms with Crippen LogP contribution in [0.2, 0.25) is 0 Å². The molecular weight excluding hydrogens is 472 g/mol. The molecule has 38 heavy (non-hydrogen) atoms. The maximum Gasteiger partial charge on any atom is 0.120 e. The van der Waals surface area contributed by atoms with Gasteiger partial charge in [-0.1, -0.05) is 84.9 Å². The molecule has 0 N–H and O–H groups in total. The highest BCUT2D eigenvalue weighted by molar-refractivity contribution is 5.80. The van der Waals surface area contributed by atoms with Gasteiger partial charge in [-0.05, 0) is 46.5 Å². The van der Waals surface area contributed by atoms with Gasteiger partial charge in [0.1, 0.15) is 24.7 Å². The van der Waals surface area contributed by atoms with E-state index < -0.39 is 0 Å². The van der Waals surface area contributed by atoms with Crippen LogP contribution in [0, 0.1) is 0 Å². The first-order valence-corrected chi connectivity index (χ1v) is 12.9. The van der Waals surface area contributed by atoms with E-state index in [0.717, 1.165) is 59.9 Å². The molecule has 5 rings (SSSR count). The summed E-state index contributed by atoms with van der Waals surface area (Å²) in [7, 11) is 0. The second-order valence-corrected chi connectivity index (χ2v) is 9.09. The molecule has 0 saturated carbocycles. The number of rotatable bonds is 10. The van der Waals surface area contributed by atoms with Crippen molar-refractivity contribution in [3.8, 4) is 11.5 Å². The molecular formula is C32H32N4O2. The minimum absolute atomic E-state index is 0.551. The molecule has 0 amide bonds. The summed E-state index contributed by atoms with van der Waals surface area (Å²) in [4.78, 5) is 0. The lowest BCUT2D eigenvalue weighted by molar-refractivity contribution is 0.141. The summed E-state index contributed by atoms with van der Waals surface area (Å²) in [6.07, 6.45) is 3.80. The summed E-state index contributed by atoms with van der Waals surface area (Å²) in [5, 5.41) is 13.5. The van der Waals surface area contributed by atoms with Gasteiger partial charge in [-0.25, -0.2) is 0 Å². The maximum absolute atomic E-state index is 5.94. The second kappa shape index (κ2) is 13.1. The first-order chi connectivity index (χ1) is 18.8. The smallest absolute Gasteiger partial charge is 0.120 e. The van der Waals surface area contributed by atoms with E-state index in [0.29, 0.717) is 13.2 Å². The van der Waals surface area contributed by atoms with Gasteiger partial charge in [0, 0.05) is 0 Å². The molecule has 0 aromatic heterocycles. The Labute approximate surface area is 224 Å². The molecule has 4 aromatic rings. The normalized spacial score (nSPS) is 13.8. The summed E-state index contributed by atoms with van der Waals surface area (Å²) in [5.41, 5.74) is 4.34. The fraction of sp³-hybridized carbons (Fsp3) is 0.188. The SMILES string of the molecule is C(=N/N1CCN(/N=C/c2cccc(OCc3ccccc3)c2)CC1)/c1cccc(OCc2ccccc2)c1. The summed E-state index contributed by atoms with van der Waals surface area (Å²) in [5.74, 6) is 1.68. The van der Waals surface area contributed by atoms with Gasteiger partial charge < -0.3 is 9.47 Å². The monoisotopic (exact) mass is 504 g/mol. The van der Waals surface area contributed by atoms with E-state index >= 15 is 0 Å². The van der Waals surface area contributed by atoms with Crippen LogP contribution in [0.4, 0.5) is 0 Å². The van der Waals surface area contributed by atoms with Gasteiger partial charge in [-0.3, -0.25) is 10.0 Å². The quantitative estimate of drug-likeness (QED) is 0.255. The van der Waals surface area contributed by atoms with Crippen molar-refractivity contribution in [3.63, 3.8) is 0 Å². The molecule has 0 aliphatic carbocycles.